The fourth-order valence-corrected chi connectivity index (χ4v) is 5.60. The van der Waals surface area contributed by atoms with E-state index in [-0.39, 0.29) is 17.4 Å². The van der Waals surface area contributed by atoms with Crippen LogP contribution >= 0.6 is 0 Å². The highest BCUT2D eigenvalue weighted by Crippen LogP contribution is 2.39. The van der Waals surface area contributed by atoms with E-state index < -0.39 is 10.1 Å². The second-order valence-electron chi connectivity index (χ2n) is 8.38. The average molecular weight is 456 g/mol. The average Bonchev–Trinajstić information content (AvgIpc) is 3.12. The highest BCUT2D eigenvalue weighted by atomic mass is 32.2. The number of nitrogens with zero attached hydrogens (tertiary/aromatic N) is 1. The number of hydrogen-bond acceptors (Lipinski definition) is 5. The van der Waals surface area contributed by atoms with Crippen molar-refractivity contribution in [3.05, 3.63) is 59.3 Å². The Hall–Kier alpha value is -2.64. The second kappa shape index (κ2) is 9.46. The summed E-state index contributed by atoms with van der Waals surface area (Å²) >= 11 is 0. The number of hydrogen-bond donors (Lipinski definition) is 0. The summed E-state index contributed by atoms with van der Waals surface area (Å²) in [5.41, 5.74) is 3.54. The molecule has 0 saturated heterocycles. The number of carbonyl (C=O) groups is 1. The lowest BCUT2D eigenvalue weighted by atomic mass is 9.85. The number of rotatable bonds is 8. The van der Waals surface area contributed by atoms with Gasteiger partial charge in [0.2, 0.25) is 0 Å². The van der Waals surface area contributed by atoms with E-state index in [1.54, 1.807) is 31.4 Å². The molecule has 0 N–H and O–H groups in total. The van der Waals surface area contributed by atoms with Crippen LogP contribution in [0, 0.1) is 6.92 Å². The van der Waals surface area contributed by atoms with Crippen molar-refractivity contribution in [3.63, 3.8) is 0 Å². The van der Waals surface area contributed by atoms with Crippen LogP contribution in [-0.4, -0.2) is 33.0 Å². The van der Waals surface area contributed by atoms with E-state index in [4.69, 9.17) is 8.92 Å². The smallest absolute Gasteiger partial charge is 0.297 e. The van der Waals surface area contributed by atoms with E-state index in [2.05, 4.69) is 4.57 Å². The number of benzene rings is 2. The molecule has 0 bridgehead atoms. The molecule has 6 nitrogen and oxygen atoms in total. The molecule has 0 aliphatic heterocycles. The Morgan fingerprint density at radius 3 is 2.44 bits per heavy atom. The standard InChI is InChI=1S/C25H29NO5S/c1-18-8-11-21(12-9-18)32(28,29)31-15-14-26-24-13-10-20(30-2)16-22(24)23(17-27)25(26)19-6-4-3-5-7-19/h8-13,16-17,19H,3-7,14-15H2,1-2H3. The van der Waals surface area contributed by atoms with Gasteiger partial charge < -0.3 is 9.30 Å². The van der Waals surface area contributed by atoms with Gasteiger partial charge in [-0.05, 0) is 56.0 Å². The Balaban J connectivity index is 1.67. The molecule has 1 aliphatic carbocycles. The minimum atomic E-state index is -3.85. The Labute approximate surface area is 189 Å². The Morgan fingerprint density at radius 2 is 1.78 bits per heavy atom. The molecular weight excluding hydrogens is 426 g/mol. The van der Waals surface area contributed by atoms with Crippen LogP contribution < -0.4 is 4.74 Å². The molecule has 0 spiro atoms. The van der Waals surface area contributed by atoms with Crippen molar-refractivity contribution in [1.82, 2.24) is 4.57 Å². The zero-order chi connectivity index (χ0) is 22.7. The molecule has 1 fully saturated rings. The van der Waals surface area contributed by atoms with E-state index >= 15 is 0 Å². The highest BCUT2D eigenvalue weighted by molar-refractivity contribution is 7.86. The van der Waals surface area contributed by atoms with Crippen LogP contribution in [-0.2, 0) is 20.8 Å². The maximum atomic E-state index is 12.6. The van der Waals surface area contributed by atoms with Crippen molar-refractivity contribution in [3.8, 4) is 5.75 Å². The monoisotopic (exact) mass is 455 g/mol. The predicted molar refractivity (Wildman–Crippen MR) is 124 cm³/mol. The van der Waals surface area contributed by atoms with Gasteiger partial charge in [-0.15, -0.1) is 0 Å². The lowest BCUT2D eigenvalue weighted by Gasteiger charge is -2.24. The van der Waals surface area contributed by atoms with Gasteiger partial charge in [0.05, 0.1) is 18.6 Å². The van der Waals surface area contributed by atoms with E-state index in [9.17, 15) is 13.2 Å². The highest BCUT2D eigenvalue weighted by Gasteiger charge is 2.26. The molecular formula is C25H29NO5S. The lowest BCUT2D eigenvalue weighted by Crippen LogP contribution is -2.17. The number of ether oxygens (including phenoxy) is 1. The topological polar surface area (TPSA) is 74.6 Å². The molecule has 170 valence electrons. The Kier molecular flexibility index (Phi) is 6.67. The van der Waals surface area contributed by atoms with Crippen LogP contribution in [0.2, 0.25) is 0 Å². The van der Waals surface area contributed by atoms with Crippen LogP contribution in [0.5, 0.6) is 5.75 Å². The third-order valence-electron chi connectivity index (χ3n) is 6.32. The van der Waals surface area contributed by atoms with Crippen molar-refractivity contribution < 1.29 is 22.1 Å². The summed E-state index contributed by atoms with van der Waals surface area (Å²) in [5, 5.41) is 0.835. The number of aryl methyl sites for hydroxylation is 1. The largest absolute Gasteiger partial charge is 0.497 e. The molecule has 7 heteroatoms. The van der Waals surface area contributed by atoms with Gasteiger partial charge >= 0.3 is 0 Å². The first-order valence-electron chi connectivity index (χ1n) is 11.1. The van der Waals surface area contributed by atoms with Crippen LogP contribution in [0.1, 0.15) is 59.6 Å². The first-order chi connectivity index (χ1) is 15.4. The fourth-order valence-electron chi connectivity index (χ4n) is 4.70. The van der Waals surface area contributed by atoms with E-state index in [1.807, 2.05) is 25.1 Å². The fraction of sp³-hybridized carbons (Fsp3) is 0.400. The molecule has 1 saturated carbocycles. The number of aromatic nitrogens is 1. The van der Waals surface area contributed by atoms with Crippen molar-refractivity contribution >= 4 is 27.3 Å². The van der Waals surface area contributed by atoms with Crippen LogP contribution in [0.3, 0.4) is 0 Å². The summed E-state index contributed by atoms with van der Waals surface area (Å²) in [7, 11) is -2.25. The molecule has 0 amide bonds. The summed E-state index contributed by atoms with van der Waals surface area (Å²) in [4.78, 5) is 12.3. The Morgan fingerprint density at radius 1 is 1.06 bits per heavy atom. The third-order valence-corrected chi connectivity index (χ3v) is 7.65. The van der Waals surface area contributed by atoms with Gasteiger partial charge in [-0.25, -0.2) is 0 Å². The molecule has 1 heterocycles. The minimum Gasteiger partial charge on any atom is -0.497 e. The number of fused-ring (bicyclic) bond motifs is 1. The zero-order valence-corrected chi connectivity index (χ0v) is 19.4. The van der Waals surface area contributed by atoms with Crippen molar-refractivity contribution in [2.45, 2.75) is 56.4 Å². The number of methoxy groups -OCH3 is 1. The minimum absolute atomic E-state index is 0.00988. The van der Waals surface area contributed by atoms with Gasteiger partial charge in [0.25, 0.3) is 10.1 Å². The summed E-state index contributed by atoms with van der Waals surface area (Å²) in [6.07, 6.45) is 6.44. The number of carbonyl (C=O) groups excluding carboxylic acids is 1. The molecule has 0 unspecified atom stereocenters. The molecule has 32 heavy (non-hydrogen) atoms. The van der Waals surface area contributed by atoms with Gasteiger partial charge in [0, 0.05) is 28.7 Å². The summed E-state index contributed by atoms with van der Waals surface area (Å²) in [6, 6.07) is 12.3. The van der Waals surface area contributed by atoms with Gasteiger partial charge in [-0.2, -0.15) is 8.42 Å². The summed E-state index contributed by atoms with van der Waals surface area (Å²) < 4.78 is 38.1. The zero-order valence-electron chi connectivity index (χ0n) is 18.5. The number of aldehydes is 1. The van der Waals surface area contributed by atoms with Gasteiger partial charge in [0.1, 0.15) is 5.75 Å². The van der Waals surface area contributed by atoms with Gasteiger partial charge in [-0.1, -0.05) is 37.0 Å². The molecule has 0 atom stereocenters. The second-order valence-corrected chi connectivity index (χ2v) is 9.99. The molecule has 1 aliphatic rings. The lowest BCUT2D eigenvalue weighted by molar-refractivity contribution is 0.112. The maximum absolute atomic E-state index is 12.6. The first-order valence-corrected chi connectivity index (χ1v) is 12.5. The normalized spacial score (nSPS) is 15.2. The van der Waals surface area contributed by atoms with Crippen molar-refractivity contribution in [2.75, 3.05) is 13.7 Å². The Bertz CT molecular complexity index is 1210. The third kappa shape index (κ3) is 4.45. The first kappa shape index (κ1) is 22.6. The van der Waals surface area contributed by atoms with Crippen molar-refractivity contribution in [1.29, 1.82) is 0 Å². The molecule has 2 aromatic carbocycles. The summed E-state index contributed by atoms with van der Waals surface area (Å²) in [5.74, 6) is 0.960. The quantitative estimate of drug-likeness (QED) is 0.344. The van der Waals surface area contributed by atoms with E-state index in [1.165, 1.54) is 6.42 Å². The molecule has 4 rings (SSSR count). The van der Waals surface area contributed by atoms with E-state index in [0.717, 1.165) is 54.1 Å². The SMILES string of the molecule is COc1ccc2c(c1)c(C=O)c(C1CCCCC1)n2CCOS(=O)(=O)c1ccc(C)cc1. The van der Waals surface area contributed by atoms with Crippen molar-refractivity contribution in [2.24, 2.45) is 0 Å². The molecule has 1 aromatic heterocycles. The van der Waals surface area contributed by atoms with Crippen LogP contribution in [0.25, 0.3) is 10.9 Å². The van der Waals surface area contributed by atoms with Crippen LogP contribution in [0.4, 0.5) is 0 Å². The summed E-state index contributed by atoms with van der Waals surface area (Å²) in [6.45, 7) is 2.23. The maximum Gasteiger partial charge on any atom is 0.297 e. The van der Waals surface area contributed by atoms with Gasteiger partial charge in [-0.3, -0.25) is 8.98 Å². The van der Waals surface area contributed by atoms with Crippen LogP contribution in [0.15, 0.2) is 47.4 Å². The van der Waals surface area contributed by atoms with Gasteiger partial charge in [0.15, 0.2) is 6.29 Å². The van der Waals surface area contributed by atoms with E-state index in [0.29, 0.717) is 17.9 Å². The molecule has 0 radical (unpaired) electrons. The predicted octanol–water partition coefficient (Wildman–Crippen LogP) is 5.22. The molecule has 3 aromatic rings.